The molecule has 0 radical (unpaired) electrons. The van der Waals surface area contributed by atoms with Gasteiger partial charge in [-0.05, 0) is 38.3 Å². The van der Waals surface area contributed by atoms with Crippen molar-refractivity contribution < 1.29 is 0 Å². The van der Waals surface area contributed by atoms with E-state index in [0.717, 1.165) is 49.0 Å². The van der Waals surface area contributed by atoms with Gasteiger partial charge in [-0.2, -0.15) is 0 Å². The summed E-state index contributed by atoms with van der Waals surface area (Å²) < 4.78 is 0. The number of nitrogens with one attached hydrogen (secondary N) is 1. The first-order valence-corrected chi connectivity index (χ1v) is 9.13. The second-order valence-corrected chi connectivity index (χ2v) is 7.10. The van der Waals surface area contributed by atoms with Crippen LogP contribution in [-0.4, -0.2) is 42.9 Å². The lowest BCUT2D eigenvalue weighted by atomic mass is 10.0. The largest absolute Gasteiger partial charge is 0.341 e. The third-order valence-electron chi connectivity index (χ3n) is 4.41. The van der Waals surface area contributed by atoms with Gasteiger partial charge < -0.3 is 4.98 Å². The van der Waals surface area contributed by atoms with E-state index in [1.54, 1.807) is 17.7 Å². The van der Waals surface area contributed by atoms with Gasteiger partial charge in [-0.1, -0.05) is 0 Å². The number of rotatable bonds is 5. The zero-order chi connectivity index (χ0) is 16.4. The van der Waals surface area contributed by atoms with Crippen LogP contribution in [0.15, 0.2) is 29.5 Å². The third kappa shape index (κ3) is 3.52. The van der Waals surface area contributed by atoms with E-state index in [2.05, 4.69) is 41.3 Å². The van der Waals surface area contributed by atoms with Crippen LogP contribution >= 0.6 is 11.3 Å². The SMILES string of the molecule is Cc1cnc(-c2cc(C[C@@H]3CCN(Cc4cscn4)C3)ncn2)[nH]1. The molecule has 24 heavy (non-hydrogen) atoms. The average Bonchev–Trinajstić information content (AvgIpc) is 3.31. The number of hydrogen-bond acceptors (Lipinski definition) is 6. The summed E-state index contributed by atoms with van der Waals surface area (Å²) in [7, 11) is 0. The van der Waals surface area contributed by atoms with E-state index in [1.807, 2.05) is 18.6 Å². The van der Waals surface area contributed by atoms with Crippen LogP contribution in [-0.2, 0) is 13.0 Å². The smallest absolute Gasteiger partial charge is 0.156 e. The van der Waals surface area contributed by atoms with Crippen LogP contribution < -0.4 is 0 Å². The maximum absolute atomic E-state index is 4.45. The molecule has 124 valence electrons. The molecule has 1 aliphatic heterocycles. The standard InChI is InChI=1S/C17H20N6S/c1-12-6-18-17(22-12)16-5-14(19-10-20-16)4-13-2-3-23(7-13)8-15-9-24-11-21-15/h5-6,9-11,13H,2-4,7-8H2,1H3,(H,18,22)/t13-/m0/s1. The van der Waals surface area contributed by atoms with Gasteiger partial charge in [-0.15, -0.1) is 11.3 Å². The summed E-state index contributed by atoms with van der Waals surface area (Å²) in [5, 5.41) is 2.13. The molecule has 6 nitrogen and oxygen atoms in total. The van der Waals surface area contributed by atoms with Crippen molar-refractivity contribution in [1.29, 1.82) is 0 Å². The molecular weight excluding hydrogens is 320 g/mol. The van der Waals surface area contributed by atoms with Crippen LogP contribution in [0.2, 0.25) is 0 Å². The van der Waals surface area contributed by atoms with Crippen LogP contribution in [0.4, 0.5) is 0 Å². The molecule has 0 bridgehead atoms. The summed E-state index contributed by atoms with van der Waals surface area (Å²) in [4.78, 5) is 23.2. The Balaban J connectivity index is 1.39. The number of aromatic nitrogens is 5. The number of thiazole rings is 1. The Hall–Kier alpha value is -2.12. The minimum atomic E-state index is 0.643. The minimum Gasteiger partial charge on any atom is -0.341 e. The lowest BCUT2D eigenvalue weighted by Crippen LogP contribution is -2.20. The lowest BCUT2D eigenvalue weighted by Gasteiger charge is -2.14. The van der Waals surface area contributed by atoms with Gasteiger partial charge in [-0.3, -0.25) is 4.90 Å². The Kier molecular flexibility index (Phi) is 4.36. The number of hydrogen-bond donors (Lipinski definition) is 1. The monoisotopic (exact) mass is 340 g/mol. The first kappa shape index (κ1) is 15.4. The Labute approximate surface area is 145 Å². The number of aromatic amines is 1. The number of nitrogens with zero attached hydrogens (tertiary/aromatic N) is 5. The van der Waals surface area contributed by atoms with Crippen molar-refractivity contribution in [2.75, 3.05) is 13.1 Å². The third-order valence-corrected chi connectivity index (χ3v) is 5.04. The summed E-state index contributed by atoms with van der Waals surface area (Å²) in [6, 6.07) is 2.06. The molecule has 1 fully saturated rings. The molecule has 1 atom stereocenters. The van der Waals surface area contributed by atoms with Crippen LogP contribution in [0.1, 0.15) is 23.5 Å². The van der Waals surface area contributed by atoms with Crippen molar-refractivity contribution in [3.05, 3.63) is 46.6 Å². The molecule has 0 saturated carbocycles. The second-order valence-electron chi connectivity index (χ2n) is 6.38. The predicted molar refractivity (Wildman–Crippen MR) is 93.6 cm³/mol. The van der Waals surface area contributed by atoms with Crippen molar-refractivity contribution in [1.82, 2.24) is 29.8 Å². The van der Waals surface area contributed by atoms with E-state index in [4.69, 9.17) is 0 Å². The highest BCUT2D eigenvalue weighted by molar-refractivity contribution is 7.07. The van der Waals surface area contributed by atoms with E-state index >= 15 is 0 Å². The highest BCUT2D eigenvalue weighted by Crippen LogP contribution is 2.23. The molecule has 0 unspecified atom stereocenters. The average molecular weight is 340 g/mol. The first-order chi connectivity index (χ1) is 11.8. The normalized spacial score (nSPS) is 18.3. The zero-order valence-corrected chi connectivity index (χ0v) is 14.5. The Morgan fingerprint density at radius 2 is 2.21 bits per heavy atom. The highest BCUT2D eigenvalue weighted by Gasteiger charge is 2.23. The fourth-order valence-electron chi connectivity index (χ4n) is 3.25. The Morgan fingerprint density at radius 3 is 3.00 bits per heavy atom. The van der Waals surface area contributed by atoms with Gasteiger partial charge in [0, 0.05) is 36.1 Å². The van der Waals surface area contributed by atoms with Gasteiger partial charge in [0.05, 0.1) is 11.2 Å². The van der Waals surface area contributed by atoms with Crippen molar-refractivity contribution in [2.45, 2.75) is 26.3 Å². The van der Waals surface area contributed by atoms with E-state index in [1.165, 1.54) is 12.1 Å². The van der Waals surface area contributed by atoms with Crippen LogP contribution in [0.25, 0.3) is 11.5 Å². The molecule has 1 aliphatic rings. The van der Waals surface area contributed by atoms with Gasteiger partial charge in [-0.25, -0.2) is 19.9 Å². The van der Waals surface area contributed by atoms with Crippen molar-refractivity contribution >= 4 is 11.3 Å². The molecule has 3 aromatic rings. The maximum Gasteiger partial charge on any atom is 0.156 e. The fraction of sp³-hybridized carbons (Fsp3) is 0.412. The van der Waals surface area contributed by atoms with Crippen molar-refractivity contribution in [3.8, 4) is 11.5 Å². The molecule has 0 aliphatic carbocycles. The molecule has 1 N–H and O–H groups in total. The van der Waals surface area contributed by atoms with E-state index < -0.39 is 0 Å². The molecule has 3 aromatic heterocycles. The Morgan fingerprint density at radius 1 is 1.25 bits per heavy atom. The number of aryl methyl sites for hydroxylation is 1. The number of likely N-dealkylation sites (tertiary alicyclic amines) is 1. The van der Waals surface area contributed by atoms with E-state index in [0.29, 0.717) is 5.92 Å². The molecule has 4 heterocycles. The summed E-state index contributed by atoms with van der Waals surface area (Å²) in [6.45, 7) is 5.20. The summed E-state index contributed by atoms with van der Waals surface area (Å²) >= 11 is 1.66. The van der Waals surface area contributed by atoms with Gasteiger partial charge in [0.15, 0.2) is 5.82 Å². The summed E-state index contributed by atoms with van der Waals surface area (Å²) in [5.74, 6) is 1.46. The molecular formula is C17H20N6S. The first-order valence-electron chi connectivity index (χ1n) is 8.18. The van der Waals surface area contributed by atoms with E-state index in [-0.39, 0.29) is 0 Å². The highest BCUT2D eigenvalue weighted by atomic mass is 32.1. The summed E-state index contributed by atoms with van der Waals surface area (Å²) in [6.07, 6.45) is 5.67. The van der Waals surface area contributed by atoms with Crippen LogP contribution in [0.5, 0.6) is 0 Å². The number of imidazole rings is 1. The van der Waals surface area contributed by atoms with Gasteiger partial charge in [0.1, 0.15) is 12.0 Å². The van der Waals surface area contributed by atoms with Gasteiger partial charge in [0.25, 0.3) is 0 Å². The fourth-order valence-corrected chi connectivity index (χ4v) is 3.79. The molecule has 0 aromatic carbocycles. The maximum atomic E-state index is 4.45. The quantitative estimate of drug-likeness (QED) is 0.773. The Bertz CT molecular complexity index is 797. The lowest BCUT2D eigenvalue weighted by molar-refractivity contribution is 0.313. The van der Waals surface area contributed by atoms with Crippen LogP contribution in [0, 0.1) is 12.8 Å². The zero-order valence-electron chi connectivity index (χ0n) is 13.6. The summed E-state index contributed by atoms with van der Waals surface area (Å²) in [5.41, 5.74) is 6.08. The minimum absolute atomic E-state index is 0.643. The molecule has 0 spiro atoms. The predicted octanol–water partition coefficient (Wildman–Crippen LogP) is 2.70. The second kappa shape index (κ2) is 6.78. The van der Waals surface area contributed by atoms with Crippen molar-refractivity contribution in [3.63, 3.8) is 0 Å². The number of H-pyrrole nitrogens is 1. The molecule has 1 saturated heterocycles. The van der Waals surface area contributed by atoms with Gasteiger partial charge >= 0.3 is 0 Å². The van der Waals surface area contributed by atoms with Crippen molar-refractivity contribution in [2.24, 2.45) is 5.92 Å². The van der Waals surface area contributed by atoms with Gasteiger partial charge in [0.2, 0.25) is 0 Å². The topological polar surface area (TPSA) is 70.6 Å². The molecule has 0 amide bonds. The molecule has 4 rings (SSSR count). The van der Waals surface area contributed by atoms with E-state index in [9.17, 15) is 0 Å². The van der Waals surface area contributed by atoms with Crippen LogP contribution in [0.3, 0.4) is 0 Å². The molecule has 7 heteroatoms.